The second-order valence-electron chi connectivity index (χ2n) is 4.45. The third-order valence-corrected chi connectivity index (χ3v) is 3.73. The van der Waals surface area contributed by atoms with Crippen LogP contribution in [-0.4, -0.2) is 17.5 Å². The van der Waals surface area contributed by atoms with Crippen molar-refractivity contribution in [3.8, 4) is 0 Å². The topological polar surface area (TPSA) is 37.3 Å². The number of aliphatic hydroxyl groups is 1. The summed E-state index contributed by atoms with van der Waals surface area (Å²) in [7, 11) is 0. The van der Waals surface area contributed by atoms with E-state index in [0.717, 1.165) is 44.9 Å². The largest absolute Gasteiger partial charge is 0.396 e. The molecule has 0 amide bonds. The lowest BCUT2D eigenvalue weighted by molar-refractivity contribution is -0.125. The Balaban J connectivity index is 2.21. The Kier molecular flexibility index (Phi) is 2.73. The Morgan fingerprint density at radius 1 is 1.43 bits per heavy atom. The van der Waals surface area contributed by atoms with E-state index in [0.29, 0.717) is 5.78 Å². The highest BCUT2D eigenvalue weighted by Crippen LogP contribution is 2.49. The maximum atomic E-state index is 11.9. The number of allylic oxidation sites excluding steroid dienone is 2. The predicted octanol–water partition coefficient (Wildman–Crippen LogP) is 2.22. The smallest absolute Gasteiger partial charge is 0.143 e. The first-order valence-corrected chi connectivity index (χ1v) is 5.63. The molecule has 14 heavy (non-hydrogen) atoms. The minimum Gasteiger partial charge on any atom is -0.396 e. The van der Waals surface area contributed by atoms with E-state index in [1.165, 1.54) is 5.57 Å². The summed E-state index contributed by atoms with van der Waals surface area (Å²) in [5.41, 5.74) is 1.24. The second-order valence-corrected chi connectivity index (χ2v) is 4.45. The highest BCUT2D eigenvalue weighted by Gasteiger charge is 2.45. The van der Waals surface area contributed by atoms with Crippen LogP contribution in [0.1, 0.15) is 44.9 Å². The van der Waals surface area contributed by atoms with Gasteiger partial charge in [-0.3, -0.25) is 4.79 Å². The van der Waals surface area contributed by atoms with Gasteiger partial charge in [0.25, 0.3) is 0 Å². The first kappa shape index (κ1) is 9.91. The highest BCUT2D eigenvalue weighted by atomic mass is 16.3. The third kappa shape index (κ3) is 1.42. The molecule has 0 radical (unpaired) electrons. The summed E-state index contributed by atoms with van der Waals surface area (Å²) in [6.45, 7) is 0.211. The fourth-order valence-corrected chi connectivity index (χ4v) is 2.99. The molecule has 2 aliphatic carbocycles. The number of Topliss-reactive ketones (excluding diaryl/α,β-unsaturated/α-hetero) is 1. The standard InChI is InChI=1S/C12H18O2/c13-9-3-8-12-7-2-1-4-10(12)5-6-11(12)14/h4,13H,1-3,5-9H2/t12-/m0/s1. The van der Waals surface area contributed by atoms with Crippen molar-refractivity contribution in [2.24, 2.45) is 5.41 Å². The number of hydrogen-bond donors (Lipinski definition) is 1. The molecule has 2 rings (SSSR count). The molecule has 1 fully saturated rings. The van der Waals surface area contributed by atoms with Crippen molar-refractivity contribution >= 4 is 5.78 Å². The molecule has 78 valence electrons. The maximum absolute atomic E-state index is 11.9. The number of ketones is 1. The zero-order valence-corrected chi connectivity index (χ0v) is 8.59. The molecule has 0 spiro atoms. The van der Waals surface area contributed by atoms with E-state index in [1.54, 1.807) is 0 Å². The van der Waals surface area contributed by atoms with E-state index < -0.39 is 0 Å². The lowest BCUT2D eigenvalue weighted by Crippen LogP contribution is -2.29. The molecule has 0 bridgehead atoms. The average molecular weight is 194 g/mol. The Morgan fingerprint density at radius 2 is 2.29 bits per heavy atom. The molecule has 1 N–H and O–H groups in total. The van der Waals surface area contributed by atoms with Gasteiger partial charge in [-0.15, -0.1) is 0 Å². The van der Waals surface area contributed by atoms with Crippen LogP contribution in [0.2, 0.25) is 0 Å². The number of carbonyl (C=O) groups is 1. The summed E-state index contributed by atoms with van der Waals surface area (Å²) in [6.07, 6.45) is 8.92. The summed E-state index contributed by atoms with van der Waals surface area (Å²) in [5, 5.41) is 8.87. The summed E-state index contributed by atoms with van der Waals surface area (Å²) in [4.78, 5) is 11.9. The van der Waals surface area contributed by atoms with Gasteiger partial charge in [0.2, 0.25) is 0 Å². The quantitative estimate of drug-likeness (QED) is 0.699. The molecule has 2 heteroatoms. The monoisotopic (exact) mass is 194 g/mol. The van der Waals surface area contributed by atoms with Gasteiger partial charge < -0.3 is 5.11 Å². The van der Waals surface area contributed by atoms with Crippen molar-refractivity contribution in [3.05, 3.63) is 11.6 Å². The van der Waals surface area contributed by atoms with Crippen LogP contribution in [0.5, 0.6) is 0 Å². The van der Waals surface area contributed by atoms with Gasteiger partial charge in [0.1, 0.15) is 5.78 Å². The molecular formula is C12H18O2. The van der Waals surface area contributed by atoms with E-state index in [4.69, 9.17) is 5.11 Å². The molecule has 0 aromatic heterocycles. The number of rotatable bonds is 3. The van der Waals surface area contributed by atoms with Crippen LogP contribution in [0.3, 0.4) is 0 Å². The second kappa shape index (κ2) is 3.85. The van der Waals surface area contributed by atoms with Crippen molar-refractivity contribution in [2.75, 3.05) is 6.61 Å². The predicted molar refractivity (Wildman–Crippen MR) is 54.9 cm³/mol. The van der Waals surface area contributed by atoms with Crippen molar-refractivity contribution in [3.63, 3.8) is 0 Å². The van der Waals surface area contributed by atoms with Crippen molar-refractivity contribution in [2.45, 2.75) is 44.9 Å². The molecule has 0 aromatic rings. The van der Waals surface area contributed by atoms with Crippen LogP contribution in [0.15, 0.2) is 11.6 Å². The lowest BCUT2D eigenvalue weighted by Gasteiger charge is -2.32. The van der Waals surface area contributed by atoms with Crippen LogP contribution >= 0.6 is 0 Å². The summed E-state index contributed by atoms with van der Waals surface area (Å²) in [5.74, 6) is 0.428. The molecule has 0 unspecified atom stereocenters. The molecule has 2 nitrogen and oxygen atoms in total. The van der Waals surface area contributed by atoms with E-state index in [9.17, 15) is 4.79 Å². The molecule has 2 aliphatic rings. The molecule has 1 atom stereocenters. The van der Waals surface area contributed by atoms with E-state index in [-0.39, 0.29) is 12.0 Å². The molecule has 0 aromatic carbocycles. The van der Waals surface area contributed by atoms with Gasteiger partial charge in [-0.25, -0.2) is 0 Å². The van der Waals surface area contributed by atoms with E-state index in [1.807, 2.05) is 0 Å². The minimum atomic E-state index is -0.138. The number of aliphatic hydroxyl groups excluding tert-OH is 1. The van der Waals surface area contributed by atoms with Gasteiger partial charge in [-0.1, -0.05) is 11.6 Å². The Morgan fingerprint density at radius 3 is 3.07 bits per heavy atom. The van der Waals surface area contributed by atoms with Crippen LogP contribution in [0, 0.1) is 5.41 Å². The molecule has 0 heterocycles. The zero-order chi connectivity index (χ0) is 10.0. The van der Waals surface area contributed by atoms with Crippen molar-refractivity contribution in [1.82, 2.24) is 0 Å². The summed E-state index contributed by atoms with van der Waals surface area (Å²) >= 11 is 0. The maximum Gasteiger partial charge on any atom is 0.143 e. The van der Waals surface area contributed by atoms with Gasteiger partial charge in [0.15, 0.2) is 0 Å². The minimum absolute atomic E-state index is 0.138. The van der Waals surface area contributed by atoms with Crippen LogP contribution < -0.4 is 0 Å². The van der Waals surface area contributed by atoms with Crippen molar-refractivity contribution in [1.29, 1.82) is 0 Å². The fraction of sp³-hybridized carbons (Fsp3) is 0.750. The van der Waals surface area contributed by atoms with Crippen molar-refractivity contribution < 1.29 is 9.90 Å². The fourth-order valence-electron chi connectivity index (χ4n) is 2.99. The molecule has 0 saturated heterocycles. The van der Waals surface area contributed by atoms with Gasteiger partial charge in [0, 0.05) is 18.4 Å². The van der Waals surface area contributed by atoms with Gasteiger partial charge >= 0.3 is 0 Å². The normalized spacial score (nSPS) is 31.5. The van der Waals surface area contributed by atoms with Crippen LogP contribution in [-0.2, 0) is 4.79 Å². The number of fused-ring (bicyclic) bond motifs is 1. The highest BCUT2D eigenvalue weighted by molar-refractivity contribution is 5.91. The number of hydrogen-bond acceptors (Lipinski definition) is 2. The SMILES string of the molecule is O=C1CCC2=CCCC[C@@]12CCCO. The average Bonchev–Trinajstić information content (AvgIpc) is 2.55. The third-order valence-electron chi connectivity index (χ3n) is 3.73. The van der Waals surface area contributed by atoms with Crippen LogP contribution in [0.4, 0.5) is 0 Å². The molecule has 1 saturated carbocycles. The number of carbonyl (C=O) groups excluding carboxylic acids is 1. The molecular weight excluding hydrogens is 176 g/mol. The van der Waals surface area contributed by atoms with Crippen LogP contribution in [0.25, 0.3) is 0 Å². The van der Waals surface area contributed by atoms with Gasteiger partial charge in [-0.2, -0.15) is 0 Å². The van der Waals surface area contributed by atoms with E-state index in [2.05, 4.69) is 6.08 Å². The van der Waals surface area contributed by atoms with E-state index >= 15 is 0 Å². The Hall–Kier alpha value is -0.630. The Labute approximate surface area is 85.0 Å². The van der Waals surface area contributed by atoms with Gasteiger partial charge in [0.05, 0.1) is 0 Å². The molecule has 0 aliphatic heterocycles. The Bertz CT molecular complexity index is 267. The van der Waals surface area contributed by atoms with Gasteiger partial charge in [-0.05, 0) is 38.5 Å². The first-order valence-electron chi connectivity index (χ1n) is 5.63. The summed E-state index contributed by atoms with van der Waals surface area (Å²) < 4.78 is 0. The first-order chi connectivity index (χ1) is 6.79. The lowest BCUT2D eigenvalue weighted by atomic mass is 9.70. The summed E-state index contributed by atoms with van der Waals surface area (Å²) in [6, 6.07) is 0. The zero-order valence-electron chi connectivity index (χ0n) is 8.59.